The van der Waals surface area contributed by atoms with Crippen LogP contribution < -0.4 is 18.9 Å². The Kier molecular flexibility index (Phi) is 15.0. The van der Waals surface area contributed by atoms with E-state index in [9.17, 15) is 39.6 Å². The molecule has 4 aromatic rings. The molecule has 4 aromatic carbocycles. The molecule has 0 spiro atoms. The van der Waals surface area contributed by atoms with Gasteiger partial charge in [0.25, 0.3) is 0 Å². The summed E-state index contributed by atoms with van der Waals surface area (Å²) in [5, 5.41) is 39.7. The molecule has 0 aliphatic carbocycles. The Balaban J connectivity index is 1.74. The first-order chi connectivity index (χ1) is 27.3. The molecule has 16 nitrogen and oxygen atoms in total. The molecule has 0 saturated carbocycles. The minimum atomic E-state index is -6.62. The summed E-state index contributed by atoms with van der Waals surface area (Å²) in [7, 11) is 5.29. The third-order valence-corrected chi connectivity index (χ3v) is 12.5. The number of carbonyl (C=O) groups excluding carboxylic acids is 4. The fourth-order valence-corrected chi connectivity index (χ4v) is 8.91. The molecular formula is C40H36O16Sn. The zero-order valence-corrected chi connectivity index (χ0v) is 33.6. The van der Waals surface area contributed by atoms with Crippen LogP contribution in [0.2, 0.25) is 0 Å². The van der Waals surface area contributed by atoms with E-state index in [1.165, 1.54) is 126 Å². The van der Waals surface area contributed by atoms with Gasteiger partial charge < -0.3 is 0 Å². The predicted octanol–water partition coefficient (Wildman–Crippen LogP) is 5.31. The van der Waals surface area contributed by atoms with Gasteiger partial charge in [-0.1, -0.05) is 0 Å². The topological polar surface area (TPSA) is 223 Å². The number of hydrogen-bond donors (Lipinski definition) is 4. The quantitative estimate of drug-likeness (QED) is 0.0827. The molecule has 0 aliphatic rings. The number of benzene rings is 4. The van der Waals surface area contributed by atoms with E-state index in [0.29, 0.717) is 22.3 Å². The van der Waals surface area contributed by atoms with Gasteiger partial charge in [-0.05, 0) is 0 Å². The van der Waals surface area contributed by atoms with Gasteiger partial charge in [0.1, 0.15) is 0 Å². The van der Waals surface area contributed by atoms with Crippen LogP contribution in [0.15, 0.2) is 97.1 Å². The number of phenolic OH excluding ortho intramolecular Hbond substituents is 4. The van der Waals surface area contributed by atoms with Crippen molar-refractivity contribution >= 4 is 68.2 Å². The second-order valence-electron chi connectivity index (χ2n) is 11.2. The van der Waals surface area contributed by atoms with Crippen LogP contribution in [0, 0.1) is 0 Å². The molecular weight excluding hydrogens is 855 g/mol. The van der Waals surface area contributed by atoms with Crippen molar-refractivity contribution in [2.75, 3.05) is 28.4 Å². The van der Waals surface area contributed by atoms with Gasteiger partial charge in [-0.2, -0.15) is 0 Å². The van der Waals surface area contributed by atoms with E-state index in [4.69, 9.17) is 31.2 Å². The number of hydrogen-bond acceptors (Lipinski definition) is 16. The third-order valence-electron chi connectivity index (χ3n) is 7.36. The Labute approximate surface area is 331 Å². The number of rotatable bonds is 16. The molecule has 0 bridgehead atoms. The molecule has 0 heterocycles. The van der Waals surface area contributed by atoms with Gasteiger partial charge in [0.05, 0.1) is 0 Å². The molecule has 0 unspecified atom stereocenters. The summed E-state index contributed by atoms with van der Waals surface area (Å²) >= 11 is -6.62. The Morgan fingerprint density at radius 3 is 0.807 bits per heavy atom. The molecule has 4 N–H and O–H groups in total. The maximum atomic E-state index is 13.4. The molecule has 57 heavy (non-hydrogen) atoms. The van der Waals surface area contributed by atoms with Crippen molar-refractivity contribution in [2.24, 2.45) is 0 Å². The van der Waals surface area contributed by atoms with Crippen molar-refractivity contribution in [1.29, 1.82) is 0 Å². The maximum absolute atomic E-state index is 13.4. The van der Waals surface area contributed by atoms with Crippen molar-refractivity contribution in [2.45, 2.75) is 0 Å². The molecule has 0 saturated heterocycles. The van der Waals surface area contributed by atoms with E-state index >= 15 is 0 Å². The number of ether oxygens (including phenoxy) is 4. The van der Waals surface area contributed by atoms with Crippen molar-refractivity contribution in [3.05, 3.63) is 119 Å². The summed E-state index contributed by atoms with van der Waals surface area (Å²) < 4.78 is 42.3. The molecule has 0 fully saturated rings. The van der Waals surface area contributed by atoms with E-state index in [1.54, 1.807) is 0 Å². The van der Waals surface area contributed by atoms with Gasteiger partial charge >= 0.3 is 333 Å². The van der Waals surface area contributed by atoms with E-state index in [-0.39, 0.29) is 46.0 Å². The van der Waals surface area contributed by atoms with Gasteiger partial charge in [0.15, 0.2) is 0 Å². The second-order valence-corrected chi connectivity index (χ2v) is 16.4. The summed E-state index contributed by atoms with van der Waals surface area (Å²) in [6.45, 7) is 0. The molecule has 17 heteroatoms. The van der Waals surface area contributed by atoms with Gasteiger partial charge in [0, 0.05) is 0 Å². The van der Waals surface area contributed by atoms with Gasteiger partial charge in [-0.25, -0.2) is 0 Å². The van der Waals surface area contributed by atoms with E-state index < -0.39 is 43.9 Å². The molecule has 0 amide bonds. The SMILES string of the molecule is COc1cc(/C=C/C(=O)[O][Sn]([O]C(=O)/C=C/c2ccc(O)c(OC)c2)([O]C(=O)/C=C/c2ccc(O)c(OC)c2)[O]C(=O)/C=C/c2ccc(O)c(OC)c2)ccc1O. The summed E-state index contributed by atoms with van der Waals surface area (Å²) in [5.74, 6) is -5.40. The predicted molar refractivity (Wildman–Crippen MR) is 205 cm³/mol. The first-order valence-electron chi connectivity index (χ1n) is 16.4. The average Bonchev–Trinajstić information content (AvgIpc) is 3.19. The fraction of sp³-hybridized carbons (Fsp3) is 0.100. The number of phenols is 4. The van der Waals surface area contributed by atoms with Crippen molar-refractivity contribution in [3.8, 4) is 46.0 Å². The van der Waals surface area contributed by atoms with E-state index in [1.807, 2.05) is 0 Å². The first-order valence-corrected chi connectivity index (χ1v) is 21.0. The van der Waals surface area contributed by atoms with Crippen molar-refractivity contribution < 1.29 is 70.8 Å². The third kappa shape index (κ3) is 12.5. The van der Waals surface area contributed by atoms with Gasteiger partial charge in [-0.3, -0.25) is 0 Å². The fourth-order valence-electron chi connectivity index (χ4n) is 4.60. The van der Waals surface area contributed by atoms with Crippen LogP contribution in [0.3, 0.4) is 0 Å². The van der Waals surface area contributed by atoms with Crippen molar-refractivity contribution in [3.63, 3.8) is 0 Å². The Morgan fingerprint density at radius 2 is 0.614 bits per heavy atom. The molecule has 296 valence electrons. The second kappa shape index (κ2) is 20.0. The van der Waals surface area contributed by atoms with Crippen molar-refractivity contribution in [1.82, 2.24) is 0 Å². The van der Waals surface area contributed by atoms with E-state index in [2.05, 4.69) is 0 Å². The Bertz CT molecular complexity index is 1930. The summed E-state index contributed by atoms with van der Waals surface area (Å²) in [6, 6.07) is 16.6. The van der Waals surface area contributed by atoms with Crippen LogP contribution in [-0.4, -0.2) is 92.8 Å². The van der Waals surface area contributed by atoms with Crippen LogP contribution in [0.5, 0.6) is 46.0 Å². The summed E-state index contributed by atoms with van der Waals surface area (Å²) in [5.41, 5.74) is 1.39. The van der Waals surface area contributed by atoms with Crippen LogP contribution in [0.25, 0.3) is 24.3 Å². The molecule has 4 rings (SSSR count). The zero-order chi connectivity index (χ0) is 41.5. The summed E-state index contributed by atoms with van der Waals surface area (Å²) in [6.07, 6.45) is 8.40. The number of methoxy groups -OCH3 is 4. The van der Waals surface area contributed by atoms with E-state index in [0.717, 1.165) is 24.3 Å². The van der Waals surface area contributed by atoms with Crippen LogP contribution in [0.4, 0.5) is 0 Å². The zero-order valence-electron chi connectivity index (χ0n) is 30.7. The molecule has 0 atom stereocenters. The first kappa shape index (κ1) is 42.7. The minimum absolute atomic E-state index is 0.0879. The molecule has 0 aliphatic heterocycles. The summed E-state index contributed by atoms with van der Waals surface area (Å²) in [4.78, 5) is 53.5. The average molecular weight is 891 g/mol. The van der Waals surface area contributed by atoms with Gasteiger partial charge in [-0.15, -0.1) is 0 Å². The monoisotopic (exact) mass is 892 g/mol. The molecule has 0 radical (unpaired) electrons. The van der Waals surface area contributed by atoms with Crippen LogP contribution in [-0.2, 0) is 31.5 Å². The van der Waals surface area contributed by atoms with Crippen LogP contribution in [0.1, 0.15) is 22.3 Å². The Morgan fingerprint density at radius 1 is 0.404 bits per heavy atom. The van der Waals surface area contributed by atoms with Crippen LogP contribution >= 0.6 is 0 Å². The number of carbonyl (C=O) groups is 4. The standard InChI is InChI=1S/4C10H10O4.Sn/c4*1-14-9-6-7(2-4-8(9)11)3-5-10(12)13;/h4*2-6,11H,1H3,(H,12,13);/q;;;;+4/p-4/b4*5-3+;. The van der Waals surface area contributed by atoms with Gasteiger partial charge in [0.2, 0.25) is 0 Å². The number of aromatic hydroxyl groups is 4. The Hall–Kier alpha value is -7.08. The normalized spacial score (nSPS) is 11.4. The molecule has 0 aromatic heterocycles.